The zero-order valence-electron chi connectivity index (χ0n) is 9.89. The molecule has 2 aromatic rings. The molecule has 0 saturated heterocycles. The Hall–Kier alpha value is -2.03. The van der Waals surface area contributed by atoms with Gasteiger partial charge in [-0.05, 0) is 24.3 Å². The average Bonchev–Trinajstić information content (AvgIpc) is 2.76. The van der Waals surface area contributed by atoms with Crippen LogP contribution in [0, 0.1) is 0 Å². The predicted octanol–water partition coefficient (Wildman–Crippen LogP) is 2.00. The van der Waals surface area contributed by atoms with E-state index in [4.69, 9.17) is 0 Å². The smallest absolute Gasteiger partial charge is 0.251 e. The van der Waals surface area contributed by atoms with Crippen molar-refractivity contribution in [3.63, 3.8) is 0 Å². The number of carbonyl (C=O) groups excluding carboxylic acids is 1. The Bertz CT molecular complexity index is 488. The molecule has 1 heterocycles. The molecule has 17 heavy (non-hydrogen) atoms. The van der Waals surface area contributed by atoms with Crippen LogP contribution >= 0.6 is 0 Å². The van der Waals surface area contributed by atoms with E-state index in [2.05, 4.69) is 16.0 Å². The molecule has 3 nitrogen and oxygen atoms in total. The van der Waals surface area contributed by atoms with Gasteiger partial charge in [0.1, 0.15) is 0 Å². The summed E-state index contributed by atoms with van der Waals surface area (Å²) in [5.41, 5.74) is 1.93. The number of aromatic nitrogens is 1. The molecule has 0 aliphatic rings. The molecule has 0 saturated carbocycles. The fourth-order valence-corrected chi connectivity index (χ4v) is 1.75. The maximum atomic E-state index is 11.7. The van der Waals surface area contributed by atoms with Gasteiger partial charge in [0.2, 0.25) is 0 Å². The van der Waals surface area contributed by atoms with Crippen molar-refractivity contribution in [1.82, 2.24) is 9.88 Å². The maximum absolute atomic E-state index is 11.7. The molecule has 0 unspecified atom stereocenters. The normalized spacial score (nSPS) is 10.2. The summed E-state index contributed by atoms with van der Waals surface area (Å²) in [5.74, 6) is -0.0141. The second-order valence-corrected chi connectivity index (χ2v) is 3.98. The van der Waals surface area contributed by atoms with Crippen molar-refractivity contribution in [2.75, 3.05) is 6.54 Å². The van der Waals surface area contributed by atoms with Crippen LogP contribution in [-0.2, 0) is 13.5 Å². The van der Waals surface area contributed by atoms with Crippen molar-refractivity contribution in [1.29, 1.82) is 0 Å². The van der Waals surface area contributed by atoms with Crippen LogP contribution in [0.4, 0.5) is 0 Å². The first-order valence-electron chi connectivity index (χ1n) is 5.71. The minimum Gasteiger partial charge on any atom is -0.354 e. The van der Waals surface area contributed by atoms with Gasteiger partial charge in [0.15, 0.2) is 0 Å². The van der Waals surface area contributed by atoms with E-state index in [-0.39, 0.29) is 5.91 Å². The number of aryl methyl sites for hydroxylation is 1. The summed E-state index contributed by atoms with van der Waals surface area (Å²) in [6, 6.07) is 13.3. The zero-order valence-corrected chi connectivity index (χ0v) is 9.89. The topological polar surface area (TPSA) is 34.0 Å². The molecule has 3 heteroatoms. The van der Waals surface area contributed by atoms with Gasteiger partial charge >= 0.3 is 0 Å². The lowest BCUT2D eigenvalue weighted by Crippen LogP contribution is -2.26. The zero-order chi connectivity index (χ0) is 12.1. The SMILES string of the molecule is Cn1cccc1CCNC(=O)c1ccccc1. The molecular formula is C14H16N2O. The molecule has 0 fully saturated rings. The van der Waals surface area contributed by atoms with Gasteiger partial charge in [-0.25, -0.2) is 0 Å². The van der Waals surface area contributed by atoms with E-state index in [1.807, 2.05) is 49.6 Å². The largest absolute Gasteiger partial charge is 0.354 e. The molecule has 0 aliphatic carbocycles. The van der Waals surface area contributed by atoms with E-state index < -0.39 is 0 Å². The second-order valence-electron chi connectivity index (χ2n) is 3.98. The Morgan fingerprint density at radius 3 is 2.59 bits per heavy atom. The van der Waals surface area contributed by atoms with Crippen molar-refractivity contribution in [2.45, 2.75) is 6.42 Å². The highest BCUT2D eigenvalue weighted by atomic mass is 16.1. The van der Waals surface area contributed by atoms with E-state index in [9.17, 15) is 4.79 Å². The number of benzene rings is 1. The highest BCUT2D eigenvalue weighted by molar-refractivity contribution is 5.94. The Balaban J connectivity index is 1.84. The van der Waals surface area contributed by atoms with Crippen molar-refractivity contribution >= 4 is 5.91 Å². The highest BCUT2D eigenvalue weighted by Gasteiger charge is 2.03. The van der Waals surface area contributed by atoms with Crippen LogP contribution < -0.4 is 5.32 Å². The monoisotopic (exact) mass is 228 g/mol. The fraction of sp³-hybridized carbons (Fsp3) is 0.214. The summed E-state index contributed by atoms with van der Waals surface area (Å²) in [7, 11) is 2.01. The number of hydrogen-bond donors (Lipinski definition) is 1. The molecule has 0 spiro atoms. The molecule has 2 rings (SSSR count). The summed E-state index contributed by atoms with van der Waals surface area (Å²) >= 11 is 0. The third kappa shape index (κ3) is 2.97. The van der Waals surface area contributed by atoms with Crippen molar-refractivity contribution < 1.29 is 4.79 Å². The molecule has 1 aromatic heterocycles. The Kier molecular flexibility index (Phi) is 3.60. The Morgan fingerprint density at radius 1 is 1.18 bits per heavy atom. The predicted molar refractivity (Wildman–Crippen MR) is 67.9 cm³/mol. The highest BCUT2D eigenvalue weighted by Crippen LogP contribution is 2.01. The Morgan fingerprint density at radius 2 is 1.94 bits per heavy atom. The Labute approximate surface area is 101 Å². The summed E-state index contributed by atoms with van der Waals surface area (Å²) < 4.78 is 2.06. The fourth-order valence-electron chi connectivity index (χ4n) is 1.75. The molecule has 0 radical (unpaired) electrons. The van der Waals surface area contributed by atoms with Crippen LogP contribution in [0.15, 0.2) is 48.7 Å². The summed E-state index contributed by atoms with van der Waals surface area (Å²) in [6.45, 7) is 0.658. The maximum Gasteiger partial charge on any atom is 0.251 e. The molecule has 0 bridgehead atoms. The summed E-state index contributed by atoms with van der Waals surface area (Å²) in [6.07, 6.45) is 2.86. The van der Waals surface area contributed by atoms with Crippen LogP contribution in [0.5, 0.6) is 0 Å². The number of nitrogens with one attached hydrogen (secondary N) is 1. The van der Waals surface area contributed by atoms with Gasteiger partial charge in [0.05, 0.1) is 0 Å². The van der Waals surface area contributed by atoms with E-state index in [1.54, 1.807) is 0 Å². The van der Waals surface area contributed by atoms with Gasteiger partial charge in [-0.3, -0.25) is 4.79 Å². The second kappa shape index (κ2) is 5.34. The third-order valence-corrected chi connectivity index (χ3v) is 2.75. The van der Waals surface area contributed by atoms with Gasteiger partial charge in [-0.1, -0.05) is 18.2 Å². The van der Waals surface area contributed by atoms with Crippen LogP contribution in [0.25, 0.3) is 0 Å². The van der Waals surface area contributed by atoms with Gasteiger partial charge in [-0.2, -0.15) is 0 Å². The van der Waals surface area contributed by atoms with Crippen molar-refractivity contribution in [2.24, 2.45) is 7.05 Å². The minimum absolute atomic E-state index is 0.0141. The van der Waals surface area contributed by atoms with Gasteiger partial charge in [0, 0.05) is 37.5 Å². The van der Waals surface area contributed by atoms with Crippen molar-refractivity contribution in [3.05, 3.63) is 59.9 Å². The van der Waals surface area contributed by atoms with Crippen LogP contribution in [0.1, 0.15) is 16.1 Å². The third-order valence-electron chi connectivity index (χ3n) is 2.75. The van der Waals surface area contributed by atoms with Gasteiger partial charge < -0.3 is 9.88 Å². The van der Waals surface area contributed by atoms with Crippen LogP contribution in [0.3, 0.4) is 0 Å². The van der Waals surface area contributed by atoms with Crippen molar-refractivity contribution in [3.8, 4) is 0 Å². The average molecular weight is 228 g/mol. The molecular weight excluding hydrogens is 212 g/mol. The number of amides is 1. The lowest BCUT2D eigenvalue weighted by Gasteiger charge is -2.06. The van der Waals surface area contributed by atoms with E-state index >= 15 is 0 Å². The molecule has 1 amide bonds. The number of rotatable bonds is 4. The molecule has 1 aromatic carbocycles. The van der Waals surface area contributed by atoms with E-state index in [0.29, 0.717) is 12.1 Å². The molecule has 1 N–H and O–H groups in total. The van der Waals surface area contributed by atoms with Gasteiger partial charge in [-0.15, -0.1) is 0 Å². The van der Waals surface area contributed by atoms with Crippen LogP contribution in [-0.4, -0.2) is 17.0 Å². The summed E-state index contributed by atoms with van der Waals surface area (Å²) in [5, 5.41) is 2.91. The number of carbonyl (C=O) groups is 1. The quantitative estimate of drug-likeness (QED) is 0.853. The van der Waals surface area contributed by atoms with Crippen LogP contribution in [0.2, 0.25) is 0 Å². The molecule has 0 atom stereocenters. The minimum atomic E-state index is -0.0141. The number of hydrogen-bond acceptors (Lipinski definition) is 1. The molecule has 0 aliphatic heterocycles. The first kappa shape index (κ1) is 11.5. The first-order chi connectivity index (χ1) is 8.27. The lowest BCUT2D eigenvalue weighted by atomic mass is 10.2. The summed E-state index contributed by atoms with van der Waals surface area (Å²) in [4.78, 5) is 11.7. The van der Waals surface area contributed by atoms with Gasteiger partial charge in [0.25, 0.3) is 5.91 Å². The molecule has 88 valence electrons. The standard InChI is InChI=1S/C14H16N2O/c1-16-11-5-8-13(16)9-10-15-14(17)12-6-3-2-4-7-12/h2-8,11H,9-10H2,1H3,(H,15,17). The number of nitrogens with zero attached hydrogens (tertiary/aromatic N) is 1. The van der Waals surface area contributed by atoms with E-state index in [0.717, 1.165) is 6.42 Å². The lowest BCUT2D eigenvalue weighted by molar-refractivity contribution is 0.0954. The first-order valence-corrected chi connectivity index (χ1v) is 5.71. The van der Waals surface area contributed by atoms with E-state index in [1.165, 1.54) is 5.69 Å².